The van der Waals surface area contributed by atoms with E-state index in [0.29, 0.717) is 5.02 Å². The van der Waals surface area contributed by atoms with Crippen LogP contribution >= 0.6 is 11.6 Å². The molecular weight excluding hydrogens is 346 g/mol. The zero-order chi connectivity index (χ0) is 18.4. The molecule has 1 saturated carbocycles. The Labute approximate surface area is 151 Å². The fourth-order valence-corrected chi connectivity index (χ4v) is 2.86. The van der Waals surface area contributed by atoms with Crippen LogP contribution in [0.2, 0.25) is 5.02 Å². The molecule has 7 nitrogen and oxygen atoms in total. The molecule has 1 aromatic rings. The number of hydrogen-bond acceptors (Lipinski definition) is 5. The van der Waals surface area contributed by atoms with Gasteiger partial charge in [0.05, 0.1) is 5.56 Å². The van der Waals surface area contributed by atoms with E-state index >= 15 is 0 Å². The van der Waals surface area contributed by atoms with Crippen molar-refractivity contribution in [2.75, 3.05) is 5.73 Å². The van der Waals surface area contributed by atoms with Gasteiger partial charge in [-0.15, -0.1) is 0 Å². The van der Waals surface area contributed by atoms with Gasteiger partial charge in [-0.1, -0.05) is 30.9 Å². The lowest BCUT2D eigenvalue weighted by molar-refractivity contribution is -0.127. The van der Waals surface area contributed by atoms with Gasteiger partial charge in [0.25, 0.3) is 5.91 Å². The first-order chi connectivity index (χ1) is 11.9. The summed E-state index contributed by atoms with van der Waals surface area (Å²) in [6, 6.07) is 3.83. The third-order valence-corrected chi connectivity index (χ3v) is 4.30. The van der Waals surface area contributed by atoms with E-state index in [1.54, 1.807) is 0 Å². The number of hydrogen-bond donors (Lipinski definition) is 3. The van der Waals surface area contributed by atoms with E-state index in [4.69, 9.17) is 22.1 Å². The molecule has 1 aromatic carbocycles. The number of nitrogens with two attached hydrogens (primary N) is 1. The summed E-state index contributed by atoms with van der Waals surface area (Å²) in [7, 11) is 0. The predicted molar refractivity (Wildman–Crippen MR) is 94.3 cm³/mol. The Hall–Kier alpha value is -2.28. The zero-order valence-electron chi connectivity index (χ0n) is 14.0. The zero-order valence-corrected chi connectivity index (χ0v) is 14.8. The summed E-state index contributed by atoms with van der Waals surface area (Å²) in [5, 5.41) is 5.34. The molecule has 1 aliphatic rings. The molecule has 2 rings (SSSR count). The normalized spacial score (nSPS) is 15.9. The van der Waals surface area contributed by atoms with E-state index in [-0.39, 0.29) is 17.3 Å². The maximum absolute atomic E-state index is 12.1. The highest BCUT2D eigenvalue weighted by molar-refractivity contribution is 6.31. The van der Waals surface area contributed by atoms with Crippen molar-refractivity contribution < 1.29 is 19.1 Å². The fraction of sp³-hybridized carbons (Fsp3) is 0.471. The molecule has 3 amide bonds. The van der Waals surface area contributed by atoms with E-state index < -0.39 is 24.0 Å². The highest BCUT2D eigenvalue weighted by Gasteiger charge is 2.23. The molecule has 0 saturated heterocycles. The van der Waals surface area contributed by atoms with Gasteiger partial charge in [0, 0.05) is 16.8 Å². The minimum atomic E-state index is -1.14. The van der Waals surface area contributed by atoms with Crippen molar-refractivity contribution >= 4 is 35.2 Å². The molecular formula is C17H22ClN3O4. The van der Waals surface area contributed by atoms with E-state index in [1.165, 1.54) is 31.5 Å². The predicted octanol–water partition coefficient (Wildman–Crippen LogP) is 2.63. The fourth-order valence-electron chi connectivity index (χ4n) is 2.68. The molecule has 0 aliphatic heterocycles. The molecule has 8 heteroatoms. The van der Waals surface area contributed by atoms with Gasteiger partial charge in [0.15, 0.2) is 6.10 Å². The number of urea groups is 1. The minimum absolute atomic E-state index is 0.0771. The minimum Gasteiger partial charge on any atom is -0.449 e. The van der Waals surface area contributed by atoms with Crippen molar-refractivity contribution in [3.8, 4) is 0 Å². The van der Waals surface area contributed by atoms with Crippen molar-refractivity contribution in [3.05, 3.63) is 28.8 Å². The van der Waals surface area contributed by atoms with Gasteiger partial charge in [-0.25, -0.2) is 9.59 Å². The van der Waals surface area contributed by atoms with Crippen molar-refractivity contribution in [2.24, 2.45) is 0 Å². The second-order valence-corrected chi connectivity index (χ2v) is 6.51. The highest BCUT2D eigenvalue weighted by atomic mass is 35.5. The molecule has 136 valence electrons. The first kappa shape index (κ1) is 19.1. The van der Waals surface area contributed by atoms with Crippen LogP contribution in [0.4, 0.5) is 10.5 Å². The summed E-state index contributed by atoms with van der Waals surface area (Å²) in [5.41, 5.74) is 5.97. The number of halogens is 1. The molecule has 4 N–H and O–H groups in total. The quantitative estimate of drug-likeness (QED) is 0.559. The number of anilines is 1. The lowest BCUT2D eigenvalue weighted by atomic mass is 9.96. The lowest BCUT2D eigenvalue weighted by Gasteiger charge is -2.23. The Bertz CT molecular complexity index is 659. The summed E-state index contributed by atoms with van der Waals surface area (Å²) in [6.07, 6.45) is 3.97. The van der Waals surface area contributed by atoms with Crippen molar-refractivity contribution in [3.63, 3.8) is 0 Å². The topological polar surface area (TPSA) is 111 Å². The van der Waals surface area contributed by atoms with Crippen LogP contribution in [0.15, 0.2) is 18.2 Å². The molecule has 0 unspecified atom stereocenters. The number of nitrogens with one attached hydrogen (secondary N) is 2. The molecule has 0 aromatic heterocycles. The van der Waals surface area contributed by atoms with Crippen LogP contribution in [0.25, 0.3) is 0 Å². The van der Waals surface area contributed by atoms with Crippen molar-refractivity contribution in [1.82, 2.24) is 10.6 Å². The monoisotopic (exact) mass is 367 g/mol. The smallest absolute Gasteiger partial charge is 0.341 e. The molecule has 1 atom stereocenters. The standard InChI is InChI=1S/C17H22ClN3O4/c1-10(25-16(23)13-8-7-11(18)9-14(13)19)15(22)21-17(24)20-12-5-3-2-4-6-12/h7-10,12H,2-6,19H2,1H3,(H2,20,21,22,24)/t10-/m0/s1. The maximum Gasteiger partial charge on any atom is 0.341 e. The number of rotatable bonds is 4. The van der Waals surface area contributed by atoms with Gasteiger partial charge in [-0.3, -0.25) is 10.1 Å². The largest absolute Gasteiger partial charge is 0.449 e. The number of nitrogen functional groups attached to an aromatic ring is 1. The lowest BCUT2D eigenvalue weighted by Crippen LogP contribution is -2.48. The van der Waals surface area contributed by atoms with Gasteiger partial charge in [-0.2, -0.15) is 0 Å². The Morgan fingerprint density at radius 1 is 1.24 bits per heavy atom. The van der Waals surface area contributed by atoms with Crippen LogP contribution in [0.1, 0.15) is 49.4 Å². The summed E-state index contributed by atoms with van der Waals surface area (Å²) < 4.78 is 5.06. The third-order valence-electron chi connectivity index (χ3n) is 4.06. The van der Waals surface area contributed by atoms with Crippen LogP contribution in [0.5, 0.6) is 0 Å². The van der Waals surface area contributed by atoms with E-state index in [1.807, 2.05) is 0 Å². The Kier molecular flexibility index (Phi) is 6.64. The number of benzene rings is 1. The number of carbonyl (C=O) groups excluding carboxylic acids is 3. The molecule has 0 spiro atoms. The molecule has 1 fully saturated rings. The van der Waals surface area contributed by atoms with Crippen LogP contribution in [-0.2, 0) is 9.53 Å². The van der Waals surface area contributed by atoms with Gasteiger partial charge in [0.2, 0.25) is 0 Å². The summed E-state index contributed by atoms with van der Waals surface area (Å²) in [4.78, 5) is 35.9. The summed E-state index contributed by atoms with van der Waals surface area (Å²) >= 11 is 5.77. The van der Waals surface area contributed by atoms with E-state index in [9.17, 15) is 14.4 Å². The van der Waals surface area contributed by atoms with Gasteiger partial charge in [0.1, 0.15) is 0 Å². The van der Waals surface area contributed by atoms with Crippen LogP contribution in [-0.4, -0.2) is 30.1 Å². The summed E-state index contributed by atoms with van der Waals surface area (Å²) in [5.74, 6) is -1.46. The van der Waals surface area contributed by atoms with Gasteiger partial charge in [-0.05, 0) is 38.0 Å². The van der Waals surface area contributed by atoms with Crippen LogP contribution in [0.3, 0.4) is 0 Å². The van der Waals surface area contributed by atoms with E-state index in [0.717, 1.165) is 25.7 Å². The van der Waals surface area contributed by atoms with Crippen LogP contribution < -0.4 is 16.4 Å². The molecule has 0 radical (unpaired) electrons. The van der Waals surface area contributed by atoms with Crippen molar-refractivity contribution in [1.29, 1.82) is 0 Å². The van der Waals surface area contributed by atoms with Gasteiger partial charge >= 0.3 is 12.0 Å². The number of ether oxygens (including phenoxy) is 1. The molecule has 25 heavy (non-hydrogen) atoms. The van der Waals surface area contributed by atoms with Crippen molar-refractivity contribution in [2.45, 2.75) is 51.2 Å². The first-order valence-corrected chi connectivity index (χ1v) is 8.62. The molecule has 0 heterocycles. The molecule has 1 aliphatic carbocycles. The number of esters is 1. The average molecular weight is 368 g/mol. The second-order valence-electron chi connectivity index (χ2n) is 6.08. The van der Waals surface area contributed by atoms with Crippen LogP contribution in [0, 0.1) is 0 Å². The Morgan fingerprint density at radius 2 is 1.92 bits per heavy atom. The second kappa shape index (κ2) is 8.71. The number of carbonyl (C=O) groups is 3. The third kappa shape index (κ3) is 5.63. The Balaban J connectivity index is 1.84. The average Bonchev–Trinajstić information content (AvgIpc) is 2.55. The Morgan fingerprint density at radius 3 is 2.56 bits per heavy atom. The molecule has 0 bridgehead atoms. The maximum atomic E-state index is 12.1. The number of amides is 3. The summed E-state index contributed by atoms with van der Waals surface area (Å²) in [6.45, 7) is 1.38. The first-order valence-electron chi connectivity index (χ1n) is 8.24. The van der Waals surface area contributed by atoms with E-state index in [2.05, 4.69) is 10.6 Å². The SMILES string of the molecule is C[C@H](OC(=O)c1ccc(Cl)cc1N)C(=O)NC(=O)NC1CCCCC1. The number of imide groups is 1. The highest BCUT2D eigenvalue weighted by Crippen LogP contribution is 2.19. The van der Waals surface area contributed by atoms with Gasteiger partial charge < -0.3 is 15.8 Å².